The average molecular weight is 274 g/mol. The largest absolute Gasteiger partial charge is 0.366 e. The van der Waals surface area contributed by atoms with Crippen molar-refractivity contribution in [3.8, 4) is 0 Å². The Morgan fingerprint density at radius 1 is 1.10 bits per heavy atom. The zero-order valence-electron chi connectivity index (χ0n) is 11.1. The van der Waals surface area contributed by atoms with Gasteiger partial charge in [0.15, 0.2) is 0 Å². The third-order valence-corrected chi connectivity index (χ3v) is 3.86. The van der Waals surface area contributed by atoms with Crippen molar-refractivity contribution < 1.29 is 9.59 Å². The summed E-state index contributed by atoms with van der Waals surface area (Å²) in [7, 11) is 0. The number of amides is 2. The van der Waals surface area contributed by atoms with Crippen LogP contribution in [0.1, 0.15) is 40.0 Å². The van der Waals surface area contributed by atoms with Gasteiger partial charge in [0.25, 0.3) is 5.91 Å². The number of carbonyl (C=O) groups excluding carboxylic acids is 2. The number of rotatable bonds is 4. The summed E-state index contributed by atoms with van der Waals surface area (Å²) >= 11 is 0. The Labute approximate surface area is 117 Å². The summed E-state index contributed by atoms with van der Waals surface area (Å²) in [6.45, 7) is 0. The maximum atomic E-state index is 12.1. The lowest BCUT2D eigenvalue weighted by molar-refractivity contribution is 0.0930. The summed E-state index contributed by atoms with van der Waals surface area (Å²) in [6, 6.07) is 6.79. The third kappa shape index (κ3) is 2.81. The van der Waals surface area contributed by atoms with E-state index >= 15 is 0 Å². The second-order valence-electron chi connectivity index (χ2n) is 5.44. The second-order valence-corrected chi connectivity index (χ2v) is 5.44. The highest BCUT2D eigenvalue weighted by Crippen LogP contribution is 2.35. The van der Waals surface area contributed by atoms with Crippen LogP contribution in [0.15, 0.2) is 24.3 Å². The molecule has 1 heterocycles. The highest BCUT2D eigenvalue weighted by molar-refractivity contribution is 5.97. The summed E-state index contributed by atoms with van der Waals surface area (Å²) in [6.07, 6.45) is 3.39. The molecule has 2 atom stereocenters. The van der Waals surface area contributed by atoms with E-state index in [9.17, 15) is 9.59 Å². The van der Waals surface area contributed by atoms with Crippen molar-refractivity contribution in [2.45, 2.75) is 31.5 Å². The van der Waals surface area contributed by atoms with Crippen molar-refractivity contribution in [1.29, 1.82) is 0 Å². The summed E-state index contributed by atoms with van der Waals surface area (Å²) < 4.78 is 0. The van der Waals surface area contributed by atoms with E-state index in [1.165, 1.54) is 12.8 Å². The normalized spacial score (nSPS) is 25.4. The SMILES string of the molecule is NC(=O)c1ccc(C(=O)NC2CC(C3CC3)NN2)cc1. The van der Waals surface area contributed by atoms with Gasteiger partial charge in [-0.1, -0.05) is 0 Å². The fourth-order valence-electron chi connectivity index (χ4n) is 2.51. The van der Waals surface area contributed by atoms with Gasteiger partial charge in [0.05, 0.1) is 6.17 Å². The highest BCUT2D eigenvalue weighted by Gasteiger charge is 2.36. The number of hydrazine groups is 1. The molecular formula is C14H18N4O2. The lowest BCUT2D eigenvalue weighted by Crippen LogP contribution is -2.44. The molecule has 106 valence electrons. The van der Waals surface area contributed by atoms with Crippen molar-refractivity contribution >= 4 is 11.8 Å². The van der Waals surface area contributed by atoms with Crippen molar-refractivity contribution in [3.63, 3.8) is 0 Å². The zero-order chi connectivity index (χ0) is 14.1. The Kier molecular flexibility index (Phi) is 3.42. The molecule has 1 saturated carbocycles. The van der Waals surface area contributed by atoms with E-state index < -0.39 is 5.91 Å². The number of nitrogens with two attached hydrogens (primary N) is 1. The van der Waals surface area contributed by atoms with Gasteiger partial charge in [-0.3, -0.25) is 15.0 Å². The number of carbonyl (C=O) groups is 2. The van der Waals surface area contributed by atoms with Gasteiger partial charge in [0, 0.05) is 17.2 Å². The van der Waals surface area contributed by atoms with Gasteiger partial charge in [-0.25, -0.2) is 5.43 Å². The molecule has 2 aliphatic rings. The zero-order valence-corrected chi connectivity index (χ0v) is 11.1. The van der Waals surface area contributed by atoms with E-state index in [-0.39, 0.29) is 12.1 Å². The van der Waals surface area contributed by atoms with Crippen LogP contribution in [-0.4, -0.2) is 24.0 Å². The second kappa shape index (κ2) is 5.22. The Morgan fingerprint density at radius 3 is 2.35 bits per heavy atom. The van der Waals surface area contributed by atoms with E-state index in [1.54, 1.807) is 24.3 Å². The van der Waals surface area contributed by atoms with E-state index in [0.29, 0.717) is 17.2 Å². The molecule has 6 heteroatoms. The number of hydrogen-bond donors (Lipinski definition) is 4. The van der Waals surface area contributed by atoms with Crippen molar-refractivity contribution in [2.24, 2.45) is 11.7 Å². The first-order valence-electron chi connectivity index (χ1n) is 6.85. The molecule has 0 spiro atoms. The minimum absolute atomic E-state index is 0.0519. The van der Waals surface area contributed by atoms with Crippen molar-refractivity contribution in [1.82, 2.24) is 16.2 Å². The van der Waals surface area contributed by atoms with Gasteiger partial charge in [-0.15, -0.1) is 0 Å². The summed E-state index contributed by atoms with van der Waals surface area (Å²) in [4.78, 5) is 23.0. The first kappa shape index (κ1) is 13.1. The molecule has 6 nitrogen and oxygen atoms in total. The van der Waals surface area contributed by atoms with Crippen molar-refractivity contribution in [2.75, 3.05) is 0 Å². The van der Waals surface area contributed by atoms with Crippen LogP contribution in [0.5, 0.6) is 0 Å². The molecule has 0 bridgehead atoms. The summed E-state index contributed by atoms with van der Waals surface area (Å²) in [5.74, 6) is 0.0990. The standard InChI is InChI=1S/C14H18N4O2/c15-13(19)9-3-5-10(6-4-9)14(20)16-12-7-11(17-18-12)8-1-2-8/h3-6,8,11-12,17-18H,1-2,7H2,(H2,15,19)(H,16,20). The van der Waals surface area contributed by atoms with Crippen molar-refractivity contribution in [3.05, 3.63) is 35.4 Å². The molecule has 1 aliphatic heterocycles. The van der Waals surface area contributed by atoms with Crippen LogP contribution in [0.3, 0.4) is 0 Å². The molecule has 20 heavy (non-hydrogen) atoms. The van der Waals surface area contributed by atoms with Gasteiger partial charge < -0.3 is 11.1 Å². The molecule has 0 radical (unpaired) electrons. The fourth-order valence-corrected chi connectivity index (χ4v) is 2.51. The summed E-state index contributed by atoms with van der Waals surface area (Å²) in [5.41, 5.74) is 12.4. The third-order valence-electron chi connectivity index (χ3n) is 3.86. The summed E-state index contributed by atoms with van der Waals surface area (Å²) in [5, 5.41) is 2.93. The van der Waals surface area contributed by atoms with Gasteiger partial charge in [0.2, 0.25) is 5.91 Å². The Hall–Kier alpha value is -1.92. The monoisotopic (exact) mass is 274 g/mol. The average Bonchev–Trinajstić information content (AvgIpc) is 3.20. The van der Waals surface area contributed by atoms with E-state index in [1.807, 2.05) is 0 Å². The van der Waals surface area contributed by atoms with E-state index in [4.69, 9.17) is 5.73 Å². The first-order chi connectivity index (χ1) is 9.63. The van der Waals surface area contributed by atoms with Crippen LogP contribution in [0.4, 0.5) is 0 Å². The van der Waals surface area contributed by atoms with Gasteiger partial charge in [0.1, 0.15) is 0 Å². The van der Waals surface area contributed by atoms with Crippen LogP contribution in [0, 0.1) is 5.92 Å². The van der Waals surface area contributed by atoms with Crippen LogP contribution in [0.25, 0.3) is 0 Å². The molecule has 2 amide bonds. The number of primary amides is 1. The Bertz CT molecular complexity index is 524. The molecule has 1 aliphatic carbocycles. The molecule has 5 N–H and O–H groups in total. The van der Waals surface area contributed by atoms with Gasteiger partial charge >= 0.3 is 0 Å². The van der Waals surface area contributed by atoms with Crippen LogP contribution in [0.2, 0.25) is 0 Å². The maximum Gasteiger partial charge on any atom is 0.252 e. The number of nitrogens with one attached hydrogen (secondary N) is 3. The fraction of sp³-hybridized carbons (Fsp3) is 0.429. The molecule has 3 rings (SSSR count). The number of hydrogen-bond acceptors (Lipinski definition) is 4. The molecule has 2 fully saturated rings. The first-order valence-corrected chi connectivity index (χ1v) is 6.85. The van der Waals surface area contributed by atoms with Crippen LogP contribution >= 0.6 is 0 Å². The molecule has 1 aromatic carbocycles. The topological polar surface area (TPSA) is 96.2 Å². The number of benzene rings is 1. The Balaban J connectivity index is 1.57. The van der Waals surface area contributed by atoms with Crippen LogP contribution in [-0.2, 0) is 0 Å². The molecule has 2 unspecified atom stereocenters. The minimum atomic E-state index is -0.495. The molecular weight excluding hydrogens is 256 g/mol. The van der Waals surface area contributed by atoms with E-state index in [2.05, 4.69) is 16.2 Å². The predicted molar refractivity (Wildman–Crippen MR) is 73.6 cm³/mol. The molecule has 0 aromatic heterocycles. The van der Waals surface area contributed by atoms with Crippen LogP contribution < -0.4 is 21.9 Å². The lowest BCUT2D eigenvalue weighted by Gasteiger charge is -2.12. The molecule has 1 saturated heterocycles. The maximum absolute atomic E-state index is 12.1. The predicted octanol–water partition coefficient (Wildman–Crippen LogP) is 0.118. The highest BCUT2D eigenvalue weighted by atomic mass is 16.2. The quantitative estimate of drug-likeness (QED) is 0.627. The minimum Gasteiger partial charge on any atom is -0.366 e. The smallest absolute Gasteiger partial charge is 0.252 e. The van der Waals surface area contributed by atoms with Gasteiger partial charge in [-0.2, -0.15) is 0 Å². The Morgan fingerprint density at radius 2 is 1.75 bits per heavy atom. The van der Waals surface area contributed by atoms with E-state index in [0.717, 1.165) is 12.3 Å². The molecule has 1 aromatic rings. The lowest BCUT2D eigenvalue weighted by atomic mass is 10.1. The van der Waals surface area contributed by atoms with Gasteiger partial charge in [-0.05, 0) is 49.4 Å².